The van der Waals surface area contributed by atoms with E-state index in [1.165, 1.54) is 0 Å². The average molecular weight is 318 g/mol. The van der Waals surface area contributed by atoms with Crippen molar-refractivity contribution in [3.8, 4) is 11.5 Å². The third-order valence-electron chi connectivity index (χ3n) is 3.88. The normalized spacial score (nSPS) is 18.8. The second-order valence-corrected chi connectivity index (χ2v) is 5.40. The predicted octanol–water partition coefficient (Wildman–Crippen LogP) is 2.11. The van der Waals surface area contributed by atoms with Crippen LogP contribution < -0.4 is 15.2 Å². The second kappa shape index (κ2) is 6.97. The lowest BCUT2D eigenvalue weighted by molar-refractivity contribution is 0.105. The Morgan fingerprint density at radius 1 is 1.43 bits per heavy atom. The molecule has 23 heavy (non-hydrogen) atoms. The zero-order chi connectivity index (χ0) is 16.2. The molecule has 0 saturated carbocycles. The number of aromatic amines is 1. The molecule has 0 radical (unpaired) electrons. The van der Waals surface area contributed by atoms with Crippen molar-refractivity contribution in [2.75, 3.05) is 20.3 Å². The summed E-state index contributed by atoms with van der Waals surface area (Å²) in [6, 6.07) is 5.18. The maximum Gasteiger partial charge on any atom is 0.171 e. The van der Waals surface area contributed by atoms with Gasteiger partial charge in [-0.05, 0) is 37.5 Å². The van der Waals surface area contributed by atoms with Gasteiger partial charge in [0.25, 0.3) is 0 Å². The molecule has 2 heterocycles. The van der Waals surface area contributed by atoms with E-state index in [-0.39, 0.29) is 6.10 Å². The first-order valence-corrected chi connectivity index (χ1v) is 7.83. The standard InChI is InChI=1S/C16H22N4O3/c1-3-22-11-7-6-10(9-13(11)21-2)14(17)16-18-15(19-20-16)12-5-4-8-23-12/h6-7,9,12,14H,3-5,8,17H2,1-2H3,(H,18,19,20)/t12-,14-/m1/s1. The second-order valence-electron chi connectivity index (χ2n) is 5.40. The molecule has 1 fully saturated rings. The topological polar surface area (TPSA) is 95.3 Å². The molecule has 0 amide bonds. The van der Waals surface area contributed by atoms with E-state index < -0.39 is 6.04 Å². The molecule has 1 aromatic heterocycles. The lowest BCUT2D eigenvalue weighted by atomic mass is 10.1. The number of hydrogen-bond donors (Lipinski definition) is 2. The van der Waals surface area contributed by atoms with Crippen LogP contribution in [-0.2, 0) is 4.74 Å². The van der Waals surface area contributed by atoms with Crippen LogP contribution in [0.25, 0.3) is 0 Å². The number of aromatic nitrogens is 3. The van der Waals surface area contributed by atoms with Gasteiger partial charge in [0.15, 0.2) is 23.1 Å². The van der Waals surface area contributed by atoms with E-state index in [9.17, 15) is 0 Å². The Kier molecular flexibility index (Phi) is 4.78. The summed E-state index contributed by atoms with van der Waals surface area (Å²) in [5.41, 5.74) is 7.16. The fourth-order valence-corrected chi connectivity index (χ4v) is 2.67. The lowest BCUT2D eigenvalue weighted by Crippen LogP contribution is -2.14. The fraction of sp³-hybridized carbons (Fsp3) is 0.500. The third kappa shape index (κ3) is 3.30. The van der Waals surface area contributed by atoms with Crippen LogP contribution in [0.4, 0.5) is 0 Å². The molecule has 0 aliphatic carbocycles. The fourth-order valence-electron chi connectivity index (χ4n) is 2.67. The molecule has 7 nitrogen and oxygen atoms in total. The van der Waals surface area contributed by atoms with Gasteiger partial charge in [0, 0.05) is 6.61 Å². The zero-order valence-corrected chi connectivity index (χ0v) is 13.4. The van der Waals surface area contributed by atoms with Crippen molar-refractivity contribution < 1.29 is 14.2 Å². The van der Waals surface area contributed by atoms with E-state index in [2.05, 4.69) is 15.2 Å². The summed E-state index contributed by atoms with van der Waals surface area (Å²) in [5, 5.41) is 7.17. The smallest absolute Gasteiger partial charge is 0.171 e. The van der Waals surface area contributed by atoms with Gasteiger partial charge in [0.2, 0.25) is 0 Å². The van der Waals surface area contributed by atoms with Crippen LogP contribution in [0.1, 0.15) is 49.1 Å². The minimum absolute atomic E-state index is 0.00156. The molecule has 1 aromatic carbocycles. The number of nitrogens with zero attached hydrogens (tertiary/aromatic N) is 2. The first-order chi connectivity index (χ1) is 11.2. The minimum atomic E-state index is -0.439. The van der Waals surface area contributed by atoms with Crippen LogP contribution in [0, 0.1) is 0 Å². The Balaban J connectivity index is 1.80. The van der Waals surface area contributed by atoms with Crippen LogP contribution in [0.15, 0.2) is 18.2 Å². The molecule has 0 spiro atoms. The highest BCUT2D eigenvalue weighted by Gasteiger charge is 2.23. The van der Waals surface area contributed by atoms with Crippen molar-refractivity contribution in [3.05, 3.63) is 35.4 Å². The molecular weight excluding hydrogens is 296 g/mol. The van der Waals surface area contributed by atoms with Crippen LogP contribution in [0.5, 0.6) is 11.5 Å². The van der Waals surface area contributed by atoms with E-state index in [1.54, 1.807) is 7.11 Å². The summed E-state index contributed by atoms with van der Waals surface area (Å²) < 4.78 is 16.5. The number of H-pyrrole nitrogens is 1. The van der Waals surface area contributed by atoms with Crippen molar-refractivity contribution >= 4 is 0 Å². The molecule has 2 atom stereocenters. The molecule has 1 aliphatic rings. The Morgan fingerprint density at radius 3 is 3.00 bits per heavy atom. The number of nitrogens with two attached hydrogens (primary N) is 1. The SMILES string of the molecule is CCOc1ccc([C@@H](N)c2n[nH]c([C@H]3CCCO3)n2)cc1OC. The van der Waals surface area contributed by atoms with Gasteiger partial charge in [-0.3, -0.25) is 5.10 Å². The van der Waals surface area contributed by atoms with Crippen molar-refractivity contribution in [2.45, 2.75) is 31.9 Å². The third-order valence-corrected chi connectivity index (χ3v) is 3.88. The molecule has 3 rings (SSSR count). The molecule has 124 valence electrons. The Morgan fingerprint density at radius 2 is 2.30 bits per heavy atom. The molecule has 7 heteroatoms. The number of methoxy groups -OCH3 is 1. The van der Waals surface area contributed by atoms with Crippen molar-refractivity contribution in [2.24, 2.45) is 5.73 Å². The minimum Gasteiger partial charge on any atom is -0.493 e. The summed E-state index contributed by atoms with van der Waals surface area (Å²) in [6.07, 6.45) is 2.00. The van der Waals surface area contributed by atoms with Crippen LogP contribution >= 0.6 is 0 Å². The summed E-state index contributed by atoms with van der Waals surface area (Å²) in [7, 11) is 1.61. The monoisotopic (exact) mass is 318 g/mol. The van der Waals surface area contributed by atoms with Gasteiger partial charge in [-0.2, -0.15) is 5.10 Å². The number of nitrogens with one attached hydrogen (secondary N) is 1. The van der Waals surface area contributed by atoms with Crippen LogP contribution in [0.3, 0.4) is 0 Å². The highest BCUT2D eigenvalue weighted by molar-refractivity contribution is 5.44. The van der Waals surface area contributed by atoms with Crippen molar-refractivity contribution in [1.82, 2.24) is 15.2 Å². The Hall–Kier alpha value is -2.12. The summed E-state index contributed by atoms with van der Waals surface area (Å²) in [4.78, 5) is 4.49. The summed E-state index contributed by atoms with van der Waals surface area (Å²) in [5.74, 6) is 2.63. The van der Waals surface area contributed by atoms with Gasteiger partial charge < -0.3 is 19.9 Å². The first-order valence-electron chi connectivity index (χ1n) is 7.83. The molecular formula is C16H22N4O3. The number of benzene rings is 1. The quantitative estimate of drug-likeness (QED) is 0.847. The molecule has 0 unspecified atom stereocenters. The molecule has 2 aromatic rings. The van der Waals surface area contributed by atoms with Gasteiger partial charge in [-0.1, -0.05) is 6.07 Å². The van der Waals surface area contributed by atoms with E-state index >= 15 is 0 Å². The predicted molar refractivity (Wildman–Crippen MR) is 84.5 cm³/mol. The average Bonchev–Trinajstić information content (AvgIpc) is 3.26. The molecule has 3 N–H and O–H groups in total. The van der Waals surface area contributed by atoms with E-state index in [0.29, 0.717) is 23.9 Å². The highest BCUT2D eigenvalue weighted by atomic mass is 16.5. The summed E-state index contributed by atoms with van der Waals surface area (Å²) in [6.45, 7) is 3.27. The summed E-state index contributed by atoms with van der Waals surface area (Å²) >= 11 is 0. The molecule has 0 bridgehead atoms. The van der Waals surface area contributed by atoms with Gasteiger partial charge >= 0.3 is 0 Å². The van der Waals surface area contributed by atoms with E-state index in [0.717, 1.165) is 30.8 Å². The maximum atomic E-state index is 6.29. The Labute approximate surface area is 135 Å². The Bertz CT molecular complexity index is 653. The number of hydrogen-bond acceptors (Lipinski definition) is 6. The van der Waals surface area contributed by atoms with Crippen LogP contribution in [0.2, 0.25) is 0 Å². The van der Waals surface area contributed by atoms with Crippen molar-refractivity contribution in [3.63, 3.8) is 0 Å². The highest BCUT2D eigenvalue weighted by Crippen LogP contribution is 2.31. The lowest BCUT2D eigenvalue weighted by Gasteiger charge is -2.13. The van der Waals surface area contributed by atoms with Crippen LogP contribution in [-0.4, -0.2) is 35.5 Å². The first kappa shape index (κ1) is 15.8. The van der Waals surface area contributed by atoms with E-state index in [1.807, 2.05) is 25.1 Å². The largest absolute Gasteiger partial charge is 0.493 e. The van der Waals surface area contributed by atoms with Gasteiger partial charge in [-0.25, -0.2) is 4.98 Å². The van der Waals surface area contributed by atoms with E-state index in [4.69, 9.17) is 19.9 Å². The van der Waals surface area contributed by atoms with Gasteiger partial charge in [-0.15, -0.1) is 0 Å². The number of rotatable bonds is 6. The van der Waals surface area contributed by atoms with Gasteiger partial charge in [0.1, 0.15) is 6.10 Å². The van der Waals surface area contributed by atoms with Gasteiger partial charge in [0.05, 0.1) is 19.8 Å². The molecule has 1 saturated heterocycles. The number of ether oxygens (including phenoxy) is 3. The van der Waals surface area contributed by atoms with Crippen molar-refractivity contribution in [1.29, 1.82) is 0 Å². The molecule has 1 aliphatic heterocycles. The maximum absolute atomic E-state index is 6.29. The zero-order valence-electron chi connectivity index (χ0n) is 13.4.